The van der Waals surface area contributed by atoms with Gasteiger partial charge in [-0.05, 0) is 37.3 Å². The highest BCUT2D eigenvalue weighted by Gasteiger charge is 2.29. The number of piperidine rings is 1. The van der Waals surface area contributed by atoms with E-state index in [0.717, 1.165) is 24.5 Å². The van der Waals surface area contributed by atoms with Crippen LogP contribution in [0, 0.1) is 11.8 Å². The zero-order valence-electron chi connectivity index (χ0n) is 15.4. The number of rotatable bonds is 3. The molecule has 3 atom stereocenters. The van der Waals surface area contributed by atoms with E-state index in [-0.39, 0.29) is 30.8 Å². The number of hydrogen-bond donors (Lipinski definition) is 0. The van der Waals surface area contributed by atoms with Crippen LogP contribution in [0.2, 0.25) is 0 Å². The van der Waals surface area contributed by atoms with Crippen molar-refractivity contribution >= 4 is 17.5 Å². The minimum atomic E-state index is -0.0432. The smallest absolute Gasteiger partial charge is 0.227 e. The molecule has 2 heterocycles. The highest BCUT2D eigenvalue weighted by Crippen LogP contribution is 2.33. The van der Waals surface area contributed by atoms with Gasteiger partial charge in [-0.2, -0.15) is 0 Å². The van der Waals surface area contributed by atoms with Crippen LogP contribution in [-0.2, 0) is 9.59 Å². The molecule has 0 radical (unpaired) electrons. The Hall–Kier alpha value is -2.04. The lowest BCUT2D eigenvalue weighted by molar-refractivity contribution is -0.135. The third-order valence-corrected chi connectivity index (χ3v) is 5.00. The largest absolute Gasteiger partial charge is 0.487 e. The van der Waals surface area contributed by atoms with Crippen LogP contribution in [0.1, 0.15) is 40.0 Å². The summed E-state index contributed by atoms with van der Waals surface area (Å²) in [6.45, 7) is 8.49. The van der Waals surface area contributed by atoms with E-state index in [4.69, 9.17) is 4.74 Å². The summed E-state index contributed by atoms with van der Waals surface area (Å²) in [6.07, 6.45) is 1.66. The van der Waals surface area contributed by atoms with Crippen molar-refractivity contribution in [3.63, 3.8) is 0 Å². The standard InChI is InChI=1S/C20H28N2O3/c1-14-10-15(2)12-21(11-14)19(23)8-9-20(24)22-13-16(3)25-18-7-5-4-6-17(18)22/h4-7,14-16H,8-13H2,1-3H3/t14-,15-,16-/m1/s1. The molecule has 3 rings (SSSR count). The Kier molecular flexibility index (Phi) is 5.30. The van der Waals surface area contributed by atoms with E-state index in [9.17, 15) is 9.59 Å². The van der Waals surface area contributed by atoms with E-state index >= 15 is 0 Å². The Morgan fingerprint density at radius 3 is 2.36 bits per heavy atom. The third kappa shape index (κ3) is 4.14. The van der Waals surface area contributed by atoms with Crippen molar-refractivity contribution in [3.8, 4) is 5.75 Å². The normalized spacial score (nSPS) is 26.0. The van der Waals surface area contributed by atoms with Crippen LogP contribution in [0.4, 0.5) is 5.69 Å². The molecule has 0 N–H and O–H groups in total. The van der Waals surface area contributed by atoms with Gasteiger partial charge in [0.25, 0.3) is 0 Å². The first-order valence-electron chi connectivity index (χ1n) is 9.28. The van der Waals surface area contributed by atoms with Crippen molar-refractivity contribution in [2.45, 2.75) is 46.1 Å². The fraction of sp³-hybridized carbons (Fsp3) is 0.600. The van der Waals surface area contributed by atoms with Crippen molar-refractivity contribution in [2.24, 2.45) is 11.8 Å². The summed E-state index contributed by atoms with van der Waals surface area (Å²) in [5.41, 5.74) is 0.804. The maximum absolute atomic E-state index is 12.7. The number of carbonyl (C=O) groups excluding carboxylic acids is 2. The van der Waals surface area contributed by atoms with E-state index < -0.39 is 0 Å². The summed E-state index contributed by atoms with van der Waals surface area (Å²) in [5.74, 6) is 1.90. The Balaban J connectivity index is 1.60. The van der Waals surface area contributed by atoms with Gasteiger partial charge >= 0.3 is 0 Å². The van der Waals surface area contributed by atoms with Gasteiger partial charge in [0.15, 0.2) is 0 Å². The first kappa shape index (κ1) is 17.8. The molecular formula is C20H28N2O3. The Bertz CT molecular complexity index is 636. The molecule has 25 heavy (non-hydrogen) atoms. The number of amides is 2. The summed E-state index contributed by atoms with van der Waals surface area (Å²) in [6, 6.07) is 7.59. The lowest BCUT2D eigenvalue weighted by Gasteiger charge is -2.35. The molecule has 0 spiro atoms. The first-order valence-corrected chi connectivity index (χ1v) is 9.28. The van der Waals surface area contributed by atoms with Crippen molar-refractivity contribution in [2.75, 3.05) is 24.5 Å². The van der Waals surface area contributed by atoms with E-state index in [1.54, 1.807) is 4.90 Å². The zero-order chi connectivity index (χ0) is 18.0. The topological polar surface area (TPSA) is 49.9 Å². The van der Waals surface area contributed by atoms with Gasteiger partial charge in [-0.15, -0.1) is 0 Å². The highest BCUT2D eigenvalue weighted by molar-refractivity contribution is 5.97. The van der Waals surface area contributed by atoms with Crippen molar-refractivity contribution < 1.29 is 14.3 Å². The number of nitrogens with zero attached hydrogens (tertiary/aromatic N) is 2. The van der Waals surface area contributed by atoms with Gasteiger partial charge in [0, 0.05) is 25.9 Å². The molecule has 2 aliphatic rings. The lowest BCUT2D eigenvalue weighted by Crippen LogP contribution is -2.44. The molecule has 1 fully saturated rings. The van der Waals surface area contributed by atoms with E-state index in [2.05, 4.69) is 13.8 Å². The van der Waals surface area contributed by atoms with Gasteiger partial charge in [-0.1, -0.05) is 26.0 Å². The quantitative estimate of drug-likeness (QED) is 0.847. The van der Waals surface area contributed by atoms with Crippen LogP contribution in [0.25, 0.3) is 0 Å². The molecule has 0 aliphatic carbocycles. The molecule has 2 amide bonds. The Morgan fingerprint density at radius 2 is 1.64 bits per heavy atom. The minimum absolute atomic E-state index is 0.00550. The maximum atomic E-state index is 12.7. The number of anilines is 1. The van der Waals surface area contributed by atoms with Crippen LogP contribution in [0.15, 0.2) is 24.3 Å². The molecule has 1 aromatic rings. The van der Waals surface area contributed by atoms with Crippen molar-refractivity contribution in [3.05, 3.63) is 24.3 Å². The molecule has 0 aromatic heterocycles. The Morgan fingerprint density at radius 1 is 1.00 bits per heavy atom. The summed E-state index contributed by atoms with van der Waals surface area (Å²) in [7, 11) is 0. The number of para-hydroxylation sites is 2. The molecule has 1 aromatic carbocycles. The molecule has 5 heteroatoms. The zero-order valence-corrected chi connectivity index (χ0v) is 15.4. The van der Waals surface area contributed by atoms with Gasteiger partial charge in [0.2, 0.25) is 11.8 Å². The van der Waals surface area contributed by atoms with Gasteiger partial charge in [0.1, 0.15) is 11.9 Å². The van der Waals surface area contributed by atoms with Crippen LogP contribution >= 0.6 is 0 Å². The van der Waals surface area contributed by atoms with Crippen molar-refractivity contribution in [1.29, 1.82) is 0 Å². The van der Waals surface area contributed by atoms with Gasteiger partial charge in [-0.3, -0.25) is 9.59 Å². The van der Waals surface area contributed by atoms with Crippen LogP contribution in [-0.4, -0.2) is 42.5 Å². The summed E-state index contributed by atoms with van der Waals surface area (Å²) in [4.78, 5) is 28.9. The molecule has 5 nitrogen and oxygen atoms in total. The molecule has 136 valence electrons. The van der Waals surface area contributed by atoms with Gasteiger partial charge in [0.05, 0.1) is 12.2 Å². The monoisotopic (exact) mass is 344 g/mol. The van der Waals surface area contributed by atoms with Gasteiger partial charge in [-0.25, -0.2) is 0 Å². The number of ether oxygens (including phenoxy) is 1. The summed E-state index contributed by atoms with van der Waals surface area (Å²) < 4.78 is 5.79. The second-order valence-corrected chi connectivity index (χ2v) is 7.65. The van der Waals surface area contributed by atoms with Crippen LogP contribution in [0.3, 0.4) is 0 Å². The highest BCUT2D eigenvalue weighted by atomic mass is 16.5. The van der Waals surface area contributed by atoms with Crippen molar-refractivity contribution in [1.82, 2.24) is 4.90 Å². The van der Waals surface area contributed by atoms with Gasteiger partial charge < -0.3 is 14.5 Å². The number of hydrogen-bond acceptors (Lipinski definition) is 3. The average molecular weight is 344 g/mol. The third-order valence-electron chi connectivity index (χ3n) is 5.00. The Labute approximate surface area is 149 Å². The fourth-order valence-corrected chi connectivity index (χ4v) is 4.00. The second kappa shape index (κ2) is 7.46. The molecule has 2 aliphatic heterocycles. The number of carbonyl (C=O) groups is 2. The minimum Gasteiger partial charge on any atom is -0.487 e. The predicted molar refractivity (Wildman–Crippen MR) is 97.6 cm³/mol. The first-order chi connectivity index (χ1) is 11.9. The number of likely N-dealkylation sites (tertiary alicyclic amines) is 1. The van der Waals surface area contributed by atoms with E-state index in [0.29, 0.717) is 18.4 Å². The number of benzene rings is 1. The fourth-order valence-electron chi connectivity index (χ4n) is 4.00. The van der Waals surface area contributed by atoms with Crippen LogP contribution < -0.4 is 9.64 Å². The maximum Gasteiger partial charge on any atom is 0.227 e. The molecule has 0 saturated carbocycles. The SMILES string of the molecule is C[C@@H]1C[C@@H](C)CN(C(=O)CCC(=O)N2C[C@@H](C)Oc3ccccc32)C1. The lowest BCUT2D eigenvalue weighted by atomic mass is 9.91. The predicted octanol–water partition coefficient (Wildman–Crippen LogP) is 3.09. The summed E-state index contributed by atoms with van der Waals surface area (Å²) in [5, 5.41) is 0. The molecule has 0 unspecified atom stereocenters. The second-order valence-electron chi connectivity index (χ2n) is 7.65. The molecule has 0 bridgehead atoms. The average Bonchev–Trinajstić information content (AvgIpc) is 2.57. The number of fused-ring (bicyclic) bond motifs is 1. The molecular weight excluding hydrogens is 316 g/mol. The molecule has 1 saturated heterocycles. The van der Waals surface area contributed by atoms with Crippen LogP contribution in [0.5, 0.6) is 5.75 Å². The summed E-state index contributed by atoms with van der Waals surface area (Å²) >= 11 is 0. The van der Waals surface area contributed by atoms with E-state index in [1.807, 2.05) is 36.1 Å². The van der Waals surface area contributed by atoms with E-state index in [1.165, 1.54) is 6.42 Å².